The lowest BCUT2D eigenvalue weighted by Crippen LogP contribution is -2.43. The van der Waals surface area contributed by atoms with Gasteiger partial charge in [-0.2, -0.15) is 4.79 Å². The Balaban J connectivity index is 1.80. The molecule has 0 spiro atoms. The number of hydrogen-bond donors (Lipinski definition) is 3. The van der Waals surface area contributed by atoms with Gasteiger partial charge in [0.25, 0.3) is 5.78 Å². The zero-order valence-corrected chi connectivity index (χ0v) is 19.6. The van der Waals surface area contributed by atoms with Crippen molar-refractivity contribution in [3.63, 3.8) is 0 Å². The average molecular weight is 491 g/mol. The van der Waals surface area contributed by atoms with Crippen LogP contribution in [0.25, 0.3) is 5.53 Å². The van der Waals surface area contributed by atoms with E-state index < -0.39 is 17.1 Å². The molecule has 1 aliphatic rings. The van der Waals surface area contributed by atoms with Crippen LogP contribution in [-0.4, -0.2) is 37.4 Å². The molecule has 0 saturated carbocycles. The molecule has 4 aromatic carbocycles. The molecule has 7 heteroatoms. The Bertz CT molecular complexity index is 1440. The number of rotatable bonds is 5. The van der Waals surface area contributed by atoms with Gasteiger partial charge in [0.15, 0.2) is 5.78 Å². The van der Waals surface area contributed by atoms with Crippen LogP contribution in [0.5, 0.6) is 17.2 Å². The van der Waals surface area contributed by atoms with E-state index in [1.54, 1.807) is 54.6 Å². The summed E-state index contributed by atoms with van der Waals surface area (Å²) in [4.78, 5) is 30.4. The predicted octanol–water partition coefficient (Wildman–Crippen LogP) is 4.89. The maximum Gasteiger partial charge on any atom is 0.350 e. The number of fused-ring (bicyclic) bond motifs is 1. The van der Waals surface area contributed by atoms with Crippen molar-refractivity contribution < 1.29 is 29.7 Å². The molecule has 37 heavy (non-hydrogen) atoms. The quantitative estimate of drug-likeness (QED) is 0.208. The van der Waals surface area contributed by atoms with E-state index in [4.69, 9.17) is 0 Å². The Kier molecular flexibility index (Phi) is 5.91. The fourth-order valence-corrected chi connectivity index (χ4v) is 5.21. The van der Waals surface area contributed by atoms with E-state index in [1.165, 1.54) is 42.5 Å². The molecular formula is C30H22N2O5. The molecule has 5 rings (SSSR count). The smallest absolute Gasteiger partial charge is 0.350 e. The zero-order chi connectivity index (χ0) is 26.2. The summed E-state index contributed by atoms with van der Waals surface area (Å²) in [6, 6.07) is 25.9. The number of Topliss-reactive ketones (excluding diaryl/α,β-unsaturated/α-hetero) is 2. The molecule has 0 amide bonds. The van der Waals surface area contributed by atoms with Crippen molar-refractivity contribution in [3.8, 4) is 17.2 Å². The van der Waals surface area contributed by atoms with Gasteiger partial charge in [-0.25, -0.2) is 0 Å². The fourth-order valence-electron chi connectivity index (χ4n) is 5.21. The van der Waals surface area contributed by atoms with Gasteiger partial charge in [0, 0.05) is 16.5 Å². The average Bonchev–Trinajstić information content (AvgIpc) is 2.92. The van der Waals surface area contributed by atoms with Crippen molar-refractivity contribution in [2.45, 2.75) is 11.8 Å². The number of phenolic OH excluding ortho intramolecular Hbond substituents is 3. The first kappa shape index (κ1) is 23.7. The standard InChI is InChI=1S/C30H22N2O5/c31-32-27-26(28(36)24-3-1-2-4-25(24)29(27)37)17-30(18-5-11-21(33)12-6-18,19-7-13-22(34)14-8-19)20-9-15-23(35)16-10-20/h1-16,26,33-35H,17H2. The summed E-state index contributed by atoms with van der Waals surface area (Å²) in [6.45, 7) is 0. The van der Waals surface area contributed by atoms with Crippen LogP contribution in [0.4, 0.5) is 0 Å². The molecule has 0 aliphatic heterocycles. The van der Waals surface area contributed by atoms with Gasteiger partial charge >= 0.3 is 5.71 Å². The number of nitrogens with zero attached hydrogens (tertiary/aromatic N) is 2. The highest BCUT2D eigenvalue weighted by Crippen LogP contribution is 2.47. The van der Waals surface area contributed by atoms with E-state index in [9.17, 15) is 30.4 Å². The zero-order valence-electron chi connectivity index (χ0n) is 19.6. The van der Waals surface area contributed by atoms with Crippen molar-refractivity contribution >= 4 is 17.3 Å². The van der Waals surface area contributed by atoms with Gasteiger partial charge in [-0.1, -0.05) is 60.7 Å². The van der Waals surface area contributed by atoms with Crippen LogP contribution in [0, 0.1) is 5.92 Å². The van der Waals surface area contributed by atoms with E-state index in [0.29, 0.717) is 16.7 Å². The van der Waals surface area contributed by atoms with Crippen LogP contribution in [0.3, 0.4) is 0 Å². The number of phenols is 3. The van der Waals surface area contributed by atoms with Crippen LogP contribution in [0.2, 0.25) is 0 Å². The summed E-state index contributed by atoms with van der Waals surface area (Å²) >= 11 is 0. The monoisotopic (exact) mass is 490 g/mol. The van der Waals surface area contributed by atoms with Gasteiger partial charge in [0.2, 0.25) is 0 Å². The molecule has 182 valence electrons. The second kappa shape index (κ2) is 9.22. The van der Waals surface area contributed by atoms with Crippen LogP contribution in [0.15, 0.2) is 97.1 Å². The minimum Gasteiger partial charge on any atom is -0.508 e. The predicted molar refractivity (Wildman–Crippen MR) is 136 cm³/mol. The van der Waals surface area contributed by atoms with Crippen molar-refractivity contribution in [1.29, 1.82) is 0 Å². The van der Waals surface area contributed by atoms with Crippen LogP contribution < -0.4 is 0 Å². The normalized spacial score (nSPS) is 15.2. The summed E-state index contributed by atoms with van der Waals surface area (Å²) < 4.78 is 0. The Labute approximate surface area is 212 Å². The van der Waals surface area contributed by atoms with Gasteiger partial charge in [-0.05, 0) is 59.5 Å². The molecule has 0 saturated heterocycles. The number of aromatic hydroxyl groups is 3. The number of benzene rings is 4. The molecule has 3 N–H and O–H groups in total. The van der Waals surface area contributed by atoms with Crippen molar-refractivity contribution in [2.24, 2.45) is 5.92 Å². The molecule has 7 nitrogen and oxygen atoms in total. The third-order valence-corrected chi connectivity index (χ3v) is 7.01. The highest BCUT2D eigenvalue weighted by Gasteiger charge is 2.50. The largest absolute Gasteiger partial charge is 0.508 e. The molecule has 0 aromatic heterocycles. The first-order chi connectivity index (χ1) is 17.8. The second-order valence-corrected chi connectivity index (χ2v) is 9.03. The Morgan fingerprint density at radius 1 is 0.649 bits per heavy atom. The molecule has 0 fully saturated rings. The number of hydrogen-bond acceptors (Lipinski definition) is 5. The summed E-state index contributed by atoms with van der Waals surface area (Å²) in [5.74, 6) is -1.86. The first-order valence-electron chi connectivity index (χ1n) is 11.6. The van der Waals surface area contributed by atoms with Crippen LogP contribution >= 0.6 is 0 Å². The lowest BCUT2D eigenvalue weighted by molar-refractivity contribution is -0.0138. The number of ketones is 2. The minimum atomic E-state index is -1.11. The van der Waals surface area contributed by atoms with Gasteiger partial charge < -0.3 is 20.9 Å². The highest BCUT2D eigenvalue weighted by atomic mass is 16.3. The SMILES string of the molecule is [N-]=[N+]=C1C(=O)c2ccccc2C(=O)C1CC(c1ccc(O)cc1)(c1ccc(O)cc1)c1ccc(O)cc1. The van der Waals surface area contributed by atoms with E-state index >= 15 is 0 Å². The fraction of sp³-hybridized carbons (Fsp3) is 0.100. The Morgan fingerprint density at radius 2 is 1.05 bits per heavy atom. The Morgan fingerprint density at radius 3 is 1.46 bits per heavy atom. The lowest BCUT2D eigenvalue weighted by Gasteiger charge is -2.38. The van der Waals surface area contributed by atoms with Gasteiger partial charge in [0.1, 0.15) is 23.2 Å². The van der Waals surface area contributed by atoms with Gasteiger partial charge in [-0.15, -0.1) is 0 Å². The van der Waals surface area contributed by atoms with Crippen LogP contribution in [-0.2, 0) is 5.41 Å². The van der Waals surface area contributed by atoms with Crippen molar-refractivity contribution in [3.05, 3.63) is 130 Å². The highest BCUT2D eigenvalue weighted by molar-refractivity contribution is 6.52. The molecule has 1 unspecified atom stereocenters. The summed E-state index contributed by atoms with van der Waals surface area (Å²) in [5.41, 5.74) is 11.0. The molecule has 1 aliphatic carbocycles. The van der Waals surface area contributed by atoms with Gasteiger partial charge in [-0.3, -0.25) is 9.59 Å². The summed E-state index contributed by atoms with van der Waals surface area (Å²) in [7, 11) is 0. The summed E-state index contributed by atoms with van der Waals surface area (Å²) in [6.07, 6.45) is -0.00831. The topological polar surface area (TPSA) is 131 Å². The first-order valence-corrected chi connectivity index (χ1v) is 11.6. The van der Waals surface area contributed by atoms with E-state index in [0.717, 1.165) is 0 Å². The molecule has 1 atom stereocenters. The third kappa shape index (κ3) is 3.97. The second-order valence-electron chi connectivity index (χ2n) is 9.03. The molecule has 4 aromatic rings. The van der Waals surface area contributed by atoms with Crippen LogP contribution in [0.1, 0.15) is 43.8 Å². The summed E-state index contributed by atoms with van der Waals surface area (Å²) in [5, 5.41) is 30.0. The van der Waals surface area contributed by atoms with E-state index in [-0.39, 0.29) is 46.3 Å². The minimum absolute atomic E-state index is 0.00831. The third-order valence-electron chi connectivity index (χ3n) is 7.01. The molecule has 0 heterocycles. The molecule has 0 radical (unpaired) electrons. The lowest BCUT2D eigenvalue weighted by atomic mass is 9.62. The number of carbonyl (C=O) groups excluding carboxylic acids is 2. The Hall–Kier alpha value is -5.00. The van der Waals surface area contributed by atoms with E-state index in [1.807, 2.05) is 0 Å². The van der Waals surface area contributed by atoms with E-state index in [2.05, 4.69) is 4.79 Å². The van der Waals surface area contributed by atoms with Crippen molar-refractivity contribution in [2.75, 3.05) is 0 Å². The maximum atomic E-state index is 13.8. The maximum absolute atomic E-state index is 13.8. The molecule has 0 bridgehead atoms. The van der Waals surface area contributed by atoms with Crippen molar-refractivity contribution in [1.82, 2.24) is 0 Å². The number of carbonyl (C=O) groups is 2. The molecular weight excluding hydrogens is 468 g/mol. The van der Waals surface area contributed by atoms with Gasteiger partial charge in [0.05, 0.1) is 0 Å².